The van der Waals surface area contributed by atoms with Crippen LogP contribution in [0.5, 0.6) is 5.75 Å². The number of hydrogen-bond acceptors (Lipinski definition) is 5. The summed E-state index contributed by atoms with van der Waals surface area (Å²) >= 11 is 6.03. The van der Waals surface area contributed by atoms with Crippen LogP contribution < -0.4 is 9.64 Å². The van der Waals surface area contributed by atoms with E-state index < -0.39 is 11.7 Å². The first-order chi connectivity index (χ1) is 14.6. The van der Waals surface area contributed by atoms with Crippen molar-refractivity contribution in [3.63, 3.8) is 0 Å². The third-order valence-corrected chi connectivity index (χ3v) is 5.40. The molecule has 2 heterocycles. The van der Waals surface area contributed by atoms with E-state index in [1.807, 2.05) is 36.4 Å². The van der Waals surface area contributed by atoms with Crippen molar-refractivity contribution in [2.75, 3.05) is 38.2 Å². The maximum absolute atomic E-state index is 14.1. The number of hydrogen-bond donors (Lipinski definition) is 0. The SMILES string of the molecule is COc1cccc(-c2ccc(N3CCN(C(=O)c4c(F)cccc4Cl)CC3)nn2)c1. The van der Waals surface area contributed by atoms with E-state index in [-0.39, 0.29) is 10.6 Å². The summed E-state index contributed by atoms with van der Waals surface area (Å²) in [6.07, 6.45) is 0. The van der Waals surface area contributed by atoms with Crippen molar-refractivity contribution >= 4 is 23.3 Å². The van der Waals surface area contributed by atoms with Gasteiger partial charge in [-0.2, -0.15) is 0 Å². The molecule has 1 fully saturated rings. The number of benzene rings is 2. The standard InChI is InChI=1S/C22H20ClFN4O2/c1-30-16-5-2-4-15(14-16)19-8-9-20(26-25-19)27-10-12-28(13-11-27)22(29)21-17(23)6-3-7-18(21)24/h2-9,14H,10-13H2,1H3. The lowest BCUT2D eigenvalue weighted by molar-refractivity contribution is 0.0742. The first kappa shape index (κ1) is 20.1. The van der Waals surface area contributed by atoms with Crippen LogP contribution in [0.2, 0.25) is 5.02 Å². The molecule has 3 aromatic rings. The smallest absolute Gasteiger partial charge is 0.258 e. The van der Waals surface area contributed by atoms with Crippen LogP contribution in [-0.4, -0.2) is 54.3 Å². The molecule has 1 aliphatic heterocycles. The summed E-state index contributed by atoms with van der Waals surface area (Å²) in [5, 5.41) is 8.80. The van der Waals surface area contributed by atoms with Crippen LogP contribution in [0.3, 0.4) is 0 Å². The number of anilines is 1. The number of methoxy groups -OCH3 is 1. The second-order valence-corrected chi connectivity index (χ2v) is 7.29. The molecule has 0 spiro atoms. The maximum Gasteiger partial charge on any atom is 0.258 e. The lowest BCUT2D eigenvalue weighted by Gasteiger charge is -2.35. The van der Waals surface area contributed by atoms with Crippen LogP contribution in [0, 0.1) is 5.82 Å². The van der Waals surface area contributed by atoms with Crippen LogP contribution >= 0.6 is 11.6 Å². The van der Waals surface area contributed by atoms with E-state index in [1.165, 1.54) is 18.2 Å². The zero-order valence-electron chi connectivity index (χ0n) is 16.4. The van der Waals surface area contributed by atoms with Crippen LogP contribution in [0.1, 0.15) is 10.4 Å². The Morgan fingerprint density at radius 2 is 1.80 bits per heavy atom. The molecule has 1 aromatic heterocycles. The highest BCUT2D eigenvalue weighted by atomic mass is 35.5. The van der Waals surface area contributed by atoms with Gasteiger partial charge in [0.25, 0.3) is 5.91 Å². The van der Waals surface area contributed by atoms with Crippen molar-refractivity contribution in [1.29, 1.82) is 0 Å². The molecule has 2 aromatic carbocycles. The Labute approximate surface area is 178 Å². The van der Waals surface area contributed by atoms with Gasteiger partial charge in [-0.25, -0.2) is 4.39 Å². The highest BCUT2D eigenvalue weighted by molar-refractivity contribution is 6.33. The fourth-order valence-electron chi connectivity index (χ4n) is 3.43. The number of halogens is 2. The average molecular weight is 427 g/mol. The van der Waals surface area contributed by atoms with Gasteiger partial charge in [0.1, 0.15) is 11.6 Å². The highest BCUT2D eigenvalue weighted by Crippen LogP contribution is 2.24. The molecule has 0 saturated carbocycles. The third kappa shape index (κ3) is 4.07. The predicted molar refractivity (Wildman–Crippen MR) is 114 cm³/mol. The van der Waals surface area contributed by atoms with Gasteiger partial charge < -0.3 is 14.5 Å². The van der Waals surface area contributed by atoms with E-state index in [9.17, 15) is 9.18 Å². The number of carbonyl (C=O) groups is 1. The number of aromatic nitrogens is 2. The molecular weight excluding hydrogens is 407 g/mol. The lowest BCUT2D eigenvalue weighted by Crippen LogP contribution is -2.49. The summed E-state index contributed by atoms with van der Waals surface area (Å²) in [5.74, 6) is 0.498. The van der Waals surface area contributed by atoms with E-state index in [4.69, 9.17) is 16.3 Å². The number of ether oxygens (including phenoxy) is 1. The Morgan fingerprint density at radius 1 is 1.03 bits per heavy atom. The average Bonchev–Trinajstić information content (AvgIpc) is 2.79. The highest BCUT2D eigenvalue weighted by Gasteiger charge is 2.26. The molecule has 0 atom stereocenters. The van der Waals surface area contributed by atoms with Crippen LogP contribution in [0.4, 0.5) is 10.2 Å². The van der Waals surface area contributed by atoms with Gasteiger partial charge in [-0.1, -0.05) is 29.8 Å². The summed E-state index contributed by atoms with van der Waals surface area (Å²) in [4.78, 5) is 16.3. The molecule has 30 heavy (non-hydrogen) atoms. The molecule has 0 N–H and O–H groups in total. The van der Waals surface area contributed by atoms with Gasteiger partial charge in [0.05, 0.1) is 23.4 Å². The number of carbonyl (C=O) groups excluding carboxylic acids is 1. The van der Waals surface area contributed by atoms with E-state index >= 15 is 0 Å². The van der Waals surface area contributed by atoms with Gasteiger partial charge in [0, 0.05) is 31.7 Å². The van der Waals surface area contributed by atoms with Crippen molar-refractivity contribution in [2.24, 2.45) is 0 Å². The quantitative estimate of drug-likeness (QED) is 0.633. The van der Waals surface area contributed by atoms with E-state index in [2.05, 4.69) is 15.1 Å². The molecule has 6 nitrogen and oxygen atoms in total. The van der Waals surface area contributed by atoms with Crippen LogP contribution in [0.15, 0.2) is 54.6 Å². The topological polar surface area (TPSA) is 58.6 Å². The summed E-state index contributed by atoms with van der Waals surface area (Å²) < 4.78 is 19.3. The van der Waals surface area contributed by atoms with Gasteiger partial charge in [0.2, 0.25) is 0 Å². The van der Waals surface area contributed by atoms with Gasteiger partial charge in [-0.15, -0.1) is 10.2 Å². The fourth-order valence-corrected chi connectivity index (χ4v) is 3.67. The summed E-state index contributed by atoms with van der Waals surface area (Å²) in [6.45, 7) is 2.04. The second kappa shape index (κ2) is 8.67. The Kier molecular flexibility index (Phi) is 5.81. The molecule has 1 saturated heterocycles. The van der Waals surface area contributed by atoms with E-state index in [0.717, 1.165) is 22.8 Å². The summed E-state index contributed by atoms with van der Waals surface area (Å²) in [5.41, 5.74) is 1.60. The van der Waals surface area contributed by atoms with Gasteiger partial charge in [-0.3, -0.25) is 4.79 Å². The molecule has 0 unspecified atom stereocenters. The lowest BCUT2D eigenvalue weighted by atomic mass is 10.1. The Bertz CT molecular complexity index is 1030. The summed E-state index contributed by atoms with van der Waals surface area (Å²) in [7, 11) is 1.62. The number of rotatable bonds is 4. The van der Waals surface area contributed by atoms with E-state index in [1.54, 1.807) is 12.0 Å². The minimum atomic E-state index is -0.603. The molecule has 8 heteroatoms. The molecule has 1 amide bonds. The fraction of sp³-hybridized carbons (Fsp3) is 0.227. The Balaban J connectivity index is 1.42. The normalized spacial score (nSPS) is 14.0. The van der Waals surface area contributed by atoms with Gasteiger partial charge >= 0.3 is 0 Å². The molecule has 4 rings (SSSR count). The van der Waals surface area contributed by atoms with Crippen molar-refractivity contribution in [2.45, 2.75) is 0 Å². The largest absolute Gasteiger partial charge is 0.497 e. The molecule has 0 aliphatic carbocycles. The predicted octanol–water partition coefficient (Wildman–Crippen LogP) is 3.91. The van der Waals surface area contributed by atoms with Crippen molar-refractivity contribution in [1.82, 2.24) is 15.1 Å². The molecular formula is C22H20ClFN4O2. The van der Waals surface area contributed by atoms with Crippen molar-refractivity contribution < 1.29 is 13.9 Å². The number of piperazine rings is 1. The van der Waals surface area contributed by atoms with Crippen molar-refractivity contribution in [3.8, 4) is 17.0 Å². The van der Waals surface area contributed by atoms with Crippen LogP contribution in [0.25, 0.3) is 11.3 Å². The number of amides is 1. The van der Waals surface area contributed by atoms with E-state index in [0.29, 0.717) is 26.2 Å². The summed E-state index contributed by atoms with van der Waals surface area (Å²) in [6, 6.07) is 15.7. The Morgan fingerprint density at radius 3 is 2.47 bits per heavy atom. The minimum Gasteiger partial charge on any atom is -0.497 e. The van der Waals surface area contributed by atoms with Crippen LogP contribution in [-0.2, 0) is 0 Å². The molecule has 0 radical (unpaired) electrons. The molecule has 0 bridgehead atoms. The molecule has 1 aliphatic rings. The number of nitrogens with zero attached hydrogens (tertiary/aromatic N) is 4. The second-order valence-electron chi connectivity index (χ2n) is 6.88. The monoisotopic (exact) mass is 426 g/mol. The zero-order valence-corrected chi connectivity index (χ0v) is 17.1. The maximum atomic E-state index is 14.1. The minimum absolute atomic E-state index is 0.0740. The van der Waals surface area contributed by atoms with Crippen molar-refractivity contribution in [3.05, 3.63) is 71.0 Å². The Hall–Kier alpha value is -3.19. The first-order valence-corrected chi connectivity index (χ1v) is 9.91. The van der Waals surface area contributed by atoms with Gasteiger partial charge in [0.15, 0.2) is 5.82 Å². The third-order valence-electron chi connectivity index (χ3n) is 5.08. The first-order valence-electron chi connectivity index (χ1n) is 9.53. The zero-order chi connectivity index (χ0) is 21.1. The van der Waals surface area contributed by atoms with Gasteiger partial charge in [-0.05, 0) is 36.4 Å². The molecule has 154 valence electrons.